The van der Waals surface area contributed by atoms with Crippen molar-refractivity contribution in [2.45, 2.75) is 58.3 Å². The lowest BCUT2D eigenvalue weighted by Crippen LogP contribution is -2.36. The van der Waals surface area contributed by atoms with Gasteiger partial charge in [0.15, 0.2) is 0 Å². The summed E-state index contributed by atoms with van der Waals surface area (Å²) in [6, 6.07) is 6.35. The Hall–Kier alpha value is -1.91. The first-order chi connectivity index (χ1) is 12.6. The minimum Gasteiger partial charge on any atom is -0.466 e. The Bertz CT molecular complexity index is 567. The van der Waals surface area contributed by atoms with Crippen molar-refractivity contribution in [2.75, 3.05) is 19.7 Å². The summed E-state index contributed by atoms with van der Waals surface area (Å²) in [5.74, 6) is 0.0431. The molecule has 0 heterocycles. The molecule has 5 heteroatoms. The average Bonchev–Trinajstić information content (AvgIpc) is 2.64. The Kier molecular flexibility index (Phi) is 8.59. The van der Waals surface area contributed by atoms with Crippen LogP contribution in [0.25, 0.3) is 0 Å². The van der Waals surface area contributed by atoms with E-state index in [0.29, 0.717) is 38.5 Å². The van der Waals surface area contributed by atoms with Gasteiger partial charge >= 0.3 is 5.97 Å². The number of halogens is 1. The molecule has 2 rings (SSSR count). The summed E-state index contributed by atoms with van der Waals surface area (Å²) in [6.45, 7) is 3.05. The fourth-order valence-corrected chi connectivity index (χ4v) is 3.50. The van der Waals surface area contributed by atoms with Crippen LogP contribution < -0.4 is 0 Å². The second-order valence-electron chi connectivity index (χ2n) is 7.02. The fourth-order valence-electron chi connectivity index (χ4n) is 3.50. The maximum atomic E-state index is 13.0. The highest BCUT2D eigenvalue weighted by atomic mass is 19.1. The van der Waals surface area contributed by atoms with Crippen LogP contribution in [0.2, 0.25) is 0 Å². The van der Waals surface area contributed by atoms with Crippen molar-refractivity contribution in [3.63, 3.8) is 0 Å². The van der Waals surface area contributed by atoms with Crippen LogP contribution in [-0.2, 0) is 20.7 Å². The van der Waals surface area contributed by atoms with Gasteiger partial charge in [-0.3, -0.25) is 9.59 Å². The molecular weight excluding hydrogens is 333 g/mol. The van der Waals surface area contributed by atoms with Crippen molar-refractivity contribution in [3.8, 4) is 0 Å². The molecule has 1 aromatic carbocycles. The number of hydrogen-bond donors (Lipinski definition) is 0. The van der Waals surface area contributed by atoms with Crippen molar-refractivity contribution in [3.05, 3.63) is 35.6 Å². The van der Waals surface area contributed by atoms with Gasteiger partial charge in [0.25, 0.3) is 0 Å². The zero-order valence-corrected chi connectivity index (χ0v) is 15.7. The second kappa shape index (κ2) is 10.9. The molecule has 0 atom stereocenters. The van der Waals surface area contributed by atoms with Crippen molar-refractivity contribution in [1.29, 1.82) is 0 Å². The zero-order valence-electron chi connectivity index (χ0n) is 15.7. The van der Waals surface area contributed by atoms with E-state index in [2.05, 4.69) is 0 Å². The summed E-state index contributed by atoms with van der Waals surface area (Å²) < 4.78 is 18.0. The van der Waals surface area contributed by atoms with Crippen LogP contribution in [0.4, 0.5) is 4.39 Å². The minimum atomic E-state index is -0.273. The molecule has 0 N–H and O–H groups in total. The summed E-state index contributed by atoms with van der Waals surface area (Å²) in [5, 5.41) is 0. The monoisotopic (exact) mass is 363 g/mol. The molecule has 4 nitrogen and oxygen atoms in total. The van der Waals surface area contributed by atoms with Gasteiger partial charge in [-0.15, -0.1) is 0 Å². The quantitative estimate of drug-likeness (QED) is 0.620. The third kappa shape index (κ3) is 7.14. The van der Waals surface area contributed by atoms with Gasteiger partial charge in [0.1, 0.15) is 5.82 Å². The maximum Gasteiger partial charge on any atom is 0.307 e. The van der Waals surface area contributed by atoms with Crippen LogP contribution in [0, 0.1) is 11.7 Å². The summed E-state index contributed by atoms with van der Waals surface area (Å²) in [7, 11) is 0. The molecule has 1 saturated carbocycles. The lowest BCUT2D eigenvalue weighted by molar-refractivity contribution is -0.144. The topological polar surface area (TPSA) is 46.6 Å². The summed E-state index contributed by atoms with van der Waals surface area (Å²) >= 11 is 0. The van der Waals surface area contributed by atoms with Gasteiger partial charge in [-0.05, 0) is 49.8 Å². The molecule has 1 aliphatic rings. The predicted molar refractivity (Wildman–Crippen MR) is 99.1 cm³/mol. The molecule has 0 unspecified atom stereocenters. The molecule has 144 valence electrons. The molecule has 1 aromatic rings. The first-order valence-corrected chi connectivity index (χ1v) is 9.76. The highest BCUT2D eigenvalue weighted by Gasteiger charge is 2.21. The van der Waals surface area contributed by atoms with Crippen molar-refractivity contribution >= 4 is 11.9 Å². The Balaban J connectivity index is 1.91. The number of amides is 1. The molecule has 1 fully saturated rings. The lowest BCUT2D eigenvalue weighted by atomic mass is 9.86. The van der Waals surface area contributed by atoms with Gasteiger partial charge in [0.2, 0.25) is 5.91 Å². The van der Waals surface area contributed by atoms with Crippen molar-refractivity contribution < 1.29 is 18.7 Å². The number of ether oxygens (including phenoxy) is 1. The standard InChI is InChI=1S/C21H30FNO3/c1-2-26-21(25)13-15-23(14-12-17-8-10-19(22)11-9-17)20(24)16-18-6-4-3-5-7-18/h8-11,18H,2-7,12-16H2,1H3. The fraction of sp³-hybridized carbons (Fsp3) is 0.619. The molecule has 26 heavy (non-hydrogen) atoms. The van der Waals surface area contributed by atoms with E-state index >= 15 is 0 Å². The van der Waals surface area contributed by atoms with E-state index < -0.39 is 0 Å². The van der Waals surface area contributed by atoms with E-state index in [1.54, 1.807) is 24.0 Å². The third-order valence-electron chi connectivity index (χ3n) is 5.02. The van der Waals surface area contributed by atoms with Crippen LogP contribution in [0.1, 0.15) is 57.4 Å². The van der Waals surface area contributed by atoms with Crippen LogP contribution in [0.15, 0.2) is 24.3 Å². The van der Waals surface area contributed by atoms with Gasteiger partial charge in [-0.2, -0.15) is 0 Å². The average molecular weight is 363 g/mol. The molecule has 1 amide bonds. The van der Waals surface area contributed by atoms with E-state index in [-0.39, 0.29) is 24.1 Å². The van der Waals surface area contributed by atoms with Gasteiger partial charge < -0.3 is 9.64 Å². The Morgan fingerprint density at radius 1 is 1.12 bits per heavy atom. The zero-order chi connectivity index (χ0) is 18.8. The van der Waals surface area contributed by atoms with Crippen LogP contribution >= 0.6 is 0 Å². The van der Waals surface area contributed by atoms with E-state index in [1.807, 2.05) is 0 Å². The normalized spacial score (nSPS) is 14.8. The number of benzene rings is 1. The number of carbonyl (C=O) groups is 2. The van der Waals surface area contributed by atoms with Gasteiger partial charge in [0, 0.05) is 19.5 Å². The van der Waals surface area contributed by atoms with Gasteiger partial charge in [-0.25, -0.2) is 4.39 Å². The predicted octanol–water partition coefficient (Wildman–Crippen LogP) is 4.12. The SMILES string of the molecule is CCOC(=O)CCN(CCc1ccc(F)cc1)C(=O)CC1CCCCC1. The maximum absolute atomic E-state index is 13.0. The third-order valence-corrected chi connectivity index (χ3v) is 5.02. The van der Waals surface area contributed by atoms with Crippen molar-refractivity contribution in [1.82, 2.24) is 4.90 Å². The molecule has 0 saturated heterocycles. The van der Waals surface area contributed by atoms with E-state index in [9.17, 15) is 14.0 Å². The van der Waals surface area contributed by atoms with Crippen LogP contribution in [0.5, 0.6) is 0 Å². The Morgan fingerprint density at radius 3 is 2.46 bits per heavy atom. The number of nitrogens with zero attached hydrogens (tertiary/aromatic N) is 1. The molecule has 0 spiro atoms. The van der Waals surface area contributed by atoms with Crippen LogP contribution in [0.3, 0.4) is 0 Å². The number of esters is 1. The van der Waals surface area contributed by atoms with Crippen molar-refractivity contribution in [2.24, 2.45) is 5.92 Å². The number of rotatable bonds is 9. The Labute approximate surface area is 155 Å². The summed E-state index contributed by atoms with van der Waals surface area (Å²) in [6.07, 6.45) is 7.35. The van der Waals surface area contributed by atoms with E-state index in [0.717, 1.165) is 18.4 Å². The number of carbonyl (C=O) groups excluding carboxylic acids is 2. The van der Waals surface area contributed by atoms with E-state index in [4.69, 9.17) is 4.74 Å². The molecular formula is C21H30FNO3. The van der Waals surface area contributed by atoms with E-state index in [1.165, 1.54) is 31.4 Å². The van der Waals surface area contributed by atoms with Gasteiger partial charge in [-0.1, -0.05) is 31.4 Å². The molecule has 0 bridgehead atoms. The first kappa shape index (κ1) is 20.4. The molecule has 0 aromatic heterocycles. The Morgan fingerprint density at radius 2 is 1.81 bits per heavy atom. The number of hydrogen-bond acceptors (Lipinski definition) is 3. The second-order valence-corrected chi connectivity index (χ2v) is 7.02. The first-order valence-electron chi connectivity index (χ1n) is 9.76. The highest BCUT2D eigenvalue weighted by molar-refractivity contribution is 5.77. The largest absolute Gasteiger partial charge is 0.466 e. The lowest BCUT2D eigenvalue weighted by Gasteiger charge is -2.27. The molecule has 1 aliphatic carbocycles. The summed E-state index contributed by atoms with van der Waals surface area (Å²) in [4.78, 5) is 26.2. The summed E-state index contributed by atoms with van der Waals surface area (Å²) in [5.41, 5.74) is 0.984. The minimum absolute atomic E-state index is 0.114. The van der Waals surface area contributed by atoms with Crippen LogP contribution in [-0.4, -0.2) is 36.5 Å². The highest BCUT2D eigenvalue weighted by Crippen LogP contribution is 2.27. The molecule has 0 aliphatic heterocycles. The molecule has 0 radical (unpaired) electrons. The smallest absolute Gasteiger partial charge is 0.307 e. The van der Waals surface area contributed by atoms with Gasteiger partial charge in [0.05, 0.1) is 13.0 Å².